The lowest BCUT2D eigenvalue weighted by Crippen LogP contribution is -2.42. The number of hydrogen-bond donors (Lipinski definition) is 2. The van der Waals surface area contributed by atoms with Crippen LogP contribution in [-0.4, -0.2) is 35.6 Å². The number of unbranched alkanes of at least 4 members (excludes halogenated alkanes) is 4. The zero-order valence-corrected chi connectivity index (χ0v) is 24.7. The van der Waals surface area contributed by atoms with E-state index in [1.165, 1.54) is 19.3 Å². The summed E-state index contributed by atoms with van der Waals surface area (Å²) in [7, 11) is 0. The third kappa shape index (κ3) is 10.0. The highest BCUT2D eigenvalue weighted by molar-refractivity contribution is 5.96. The normalized spacial score (nSPS) is 11.3. The van der Waals surface area contributed by atoms with Crippen molar-refractivity contribution in [1.29, 1.82) is 0 Å². The molecule has 0 aliphatic carbocycles. The number of carboxylic acids is 1. The fraction of sp³-hybridized carbons (Fsp3) is 0.250. The summed E-state index contributed by atoms with van der Waals surface area (Å²) in [6, 6.07) is 27.9. The van der Waals surface area contributed by atoms with Crippen LogP contribution in [0.15, 0.2) is 103 Å². The summed E-state index contributed by atoms with van der Waals surface area (Å²) < 4.78 is 17.0. The lowest BCUT2D eigenvalue weighted by atomic mass is 10.1. The van der Waals surface area contributed by atoms with Gasteiger partial charge in [-0.1, -0.05) is 62.9 Å². The van der Waals surface area contributed by atoms with Crippen molar-refractivity contribution in [3.05, 3.63) is 120 Å². The van der Waals surface area contributed by atoms with Gasteiger partial charge in [-0.3, -0.25) is 4.79 Å². The molecule has 44 heavy (non-hydrogen) atoms. The van der Waals surface area contributed by atoms with E-state index in [-0.39, 0.29) is 6.42 Å². The minimum atomic E-state index is -1.16. The predicted molar refractivity (Wildman–Crippen MR) is 168 cm³/mol. The highest BCUT2D eigenvalue weighted by Gasteiger charge is 2.21. The molecular weight excluding hydrogens is 558 g/mol. The number of aliphatic carboxylic acids is 1. The monoisotopic (exact) mass is 595 g/mol. The maximum atomic E-state index is 12.8. The molecule has 0 saturated carbocycles. The summed E-state index contributed by atoms with van der Waals surface area (Å²) in [5.41, 5.74) is 1.35. The van der Waals surface area contributed by atoms with E-state index in [1.807, 2.05) is 30.3 Å². The van der Waals surface area contributed by atoms with Crippen LogP contribution in [-0.2, 0) is 11.2 Å². The molecule has 1 atom stereocenters. The van der Waals surface area contributed by atoms with Gasteiger partial charge in [0.25, 0.3) is 5.91 Å². The second-order valence-electron chi connectivity index (χ2n) is 10.3. The van der Waals surface area contributed by atoms with Crippen LogP contribution in [0.2, 0.25) is 0 Å². The zero-order valence-electron chi connectivity index (χ0n) is 24.7. The van der Waals surface area contributed by atoms with Gasteiger partial charge in [-0.2, -0.15) is 0 Å². The third-order valence-corrected chi connectivity index (χ3v) is 6.88. The number of hydrogen-bond acceptors (Lipinski definition) is 6. The second-order valence-corrected chi connectivity index (χ2v) is 10.3. The largest absolute Gasteiger partial charge is 0.494 e. The number of rotatable bonds is 16. The van der Waals surface area contributed by atoms with Crippen molar-refractivity contribution in [2.75, 3.05) is 6.61 Å². The number of nitrogens with one attached hydrogen (secondary N) is 1. The van der Waals surface area contributed by atoms with Crippen molar-refractivity contribution in [2.24, 2.45) is 0 Å². The molecule has 0 fully saturated rings. The van der Waals surface area contributed by atoms with Gasteiger partial charge in [-0.25, -0.2) is 9.59 Å². The SMILES string of the molecule is CCCCCCCOc1ccc(C(=O)Oc2ccc(C[C@H](NC(=O)c3ccc(Oc4ccccc4)cc3)C(=O)O)cc2)cc1. The van der Waals surface area contributed by atoms with Gasteiger partial charge in [0, 0.05) is 12.0 Å². The molecule has 8 nitrogen and oxygen atoms in total. The van der Waals surface area contributed by atoms with Gasteiger partial charge >= 0.3 is 11.9 Å². The molecule has 0 aromatic heterocycles. The molecule has 0 spiro atoms. The molecule has 228 valence electrons. The van der Waals surface area contributed by atoms with Crippen LogP contribution in [0.5, 0.6) is 23.0 Å². The maximum absolute atomic E-state index is 12.8. The van der Waals surface area contributed by atoms with Crippen molar-refractivity contribution in [3.63, 3.8) is 0 Å². The first-order chi connectivity index (χ1) is 21.4. The molecule has 0 bridgehead atoms. The number of para-hydroxylation sites is 1. The number of carbonyl (C=O) groups excluding carboxylic acids is 2. The Morgan fingerprint density at radius 1 is 0.682 bits per heavy atom. The summed E-state index contributed by atoms with van der Waals surface area (Å²) in [6.45, 7) is 2.83. The highest BCUT2D eigenvalue weighted by atomic mass is 16.5. The van der Waals surface area contributed by atoms with Crippen LogP contribution in [0, 0.1) is 0 Å². The molecule has 0 aliphatic rings. The van der Waals surface area contributed by atoms with Crippen LogP contribution in [0.1, 0.15) is 65.3 Å². The van der Waals surface area contributed by atoms with Gasteiger partial charge < -0.3 is 24.6 Å². The Hall–Kier alpha value is -5.11. The van der Waals surface area contributed by atoms with Crippen molar-refractivity contribution in [2.45, 2.75) is 51.5 Å². The summed E-state index contributed by atoms with van der Waals surface area (Å²) in [6.07, 6.45) is 5.84. The first kappa shape index (κ1) is 31.8. The molecule has 0 saturated heterocycles. The fourth-order valence-corrected chi connectivity index (χ4v) is 4.42. The van der Waals surface area contributed by atoms with Gasteiger partial charge in [0.1, 0.15) is 29.0 Å². The lowest BCUT2D eigenvalue weighted by molar-refractivity contribution is -0.139. The standard InChI is InChI=1S/C36H37NO7/c1-2-3-4-5-9-24-42-29-20-16-28(17-21-29)36(41)44-32-18-12-26(13-19-32)25-33(35(39)40)37-34(38)27-14-22-31(23-15-27)43-30-10-7-6-8-11-30/h6-8,10-23,33H,2-5,9,24-25H2,1H3,(H,37,38)(H,39,40)/t33-/m0/s1. The first-order valence-electron chi connectivity index (χ1n) is 14.8. The van der Waals surface area contributed by atoms with Gasteiger partial charge in [0.15, 0.2) is 0 Å². The number of amides is 1. The minimum Gasteiger partial charge on any atom is -0.494 e. The van der Waals surface area contributed by atoms with E-state index in [0.29, 0.717) is 46.3 Å². The Kier molecular flexibility index (Phi) is 11.9. The van der Waals surface area contributed by atoms with Gasteiger partial charge in [0.05, 0.1) is 12.2 Å². The molecule has 0 unspecified atom stereocenters. The summed E-state index contributed by atoms with van der Waals surface area (Å²) >= 11 is 0. The minimum absolute atomic E-state index is 0.0462. The summed E-state index contributed by atoms with van der Waals surface area (Å²) in [4.78, 5) is 37.3. The summed E-state index contributed by atoms with van der Waals surface area (Å²) in [5.74, 6) is 0.0479. The lowest BCUT2D eigenvalue weighted by Gasteiger charge is -2.15. The zero-order chi connectivity index (χ0) is 31.1. The van der Waals surface area contributed by atoms with E-state index < -0.39 is 23.9 Å². The third-order valence-electron chi connectivity index (χ3n) is 6.88. The van der Waals surface area contributed by atoms with Crippen molar-refractivity contribution in [3.8, 4) is 23.0 Å². The molecular formula is C36H37NO7. The van der Waals surface area contributed by atoms with Crippen molar-refractivity contribution in [1.82, 2.24) is 5.32 Å². The molecule has 8 heteroatoms. The molecule has 0 heterocycles. The van der Waals surface area contributed by atoms with E-state index in [2.05, 4.69) is 12.2 Å². The molecule has 2 N–H and O–H groups in total. The molecule has 4 rings (SSSR count). The summed E-state index contributed by atoms with van der Waals surface area (Å²) in [5, 5.41) is 12.3. The molecule has 0 aliphatic heterocycles. The van der Waals surface area contributed by atoms with Crippen LogP contribution in [0.4, 0.5) is 0 Å². The van der Waals surface area contributed by atoms with E-state index in [1.54, 1.807) is 72.8 Å². The Labute approximate surface area is 257 Å². The van der Waals surface area contributed by atoms with E-state index in [0.717, 1.165) is 12.8 Å². The first-order valence-corrected chi connectivity index (χ1v) is 14.8. The fourth-order valence-electron chi connectivity index (χ4n) is 4.42. The average molecular weight is 596 g/mol. The Morgan fingerprint density at radius 2 is 1.27 bits per heavy atom. The Balaban J connectivity index is 1.26. The van der Waals surface area contributed by atoms with Gasteiger partial charge in [-0.05, 0) is 84.8 Å². The smallest absolute Gasteiger partial charge is 0.343 e. The quantitative estimate of drug-likeness (QED) is 0.0785. The second kappa shape index (κ2) is 16.5. The van der Waals surface area contributed by atoms with Gasteiger partial charge in [-0.15, -0.1) is 0 Å². The van der Waals surface area contributed by atoms with Crippen LogP contribution >= 0.6 is 0 Å². The number of ether oxygens (including phenoxy) is 3. The molecule has 0 radical (unpaired) electrons. The van der Waals surface area contributed by atoms with E-state index in [9.17, 15) is 19.5 Å². The number of benzene rings is 4. The van der Waals surface area contributed by atoms with Crippen LogP contribution in [0.3, 0.4) is 0 Å². The average Bonchev–Trinajstić information content (AvgIpc) is 3.04. The van der Waals surface area contributed by atoms with Crippen LogP contribution < -0.4 is 19.5 Å². The van der Waals surface area contributed by atoms with Crippen molar-refractivity contribution < 1.29 is 33.7 Å². The predicted octanol–water partition coefficient (Wildman–Crippen LogP) is 7.47. The molecule has 4 aromatic carbocycles. The maximum Gasteiger partial charge on any atom is 0.343 e. The Morgan fingerprint density at radius 3 is 1.93 bits per heavy atom. The van der Waals surface area contributed by atoms with Crippen LogP contribution in [0.25, 0.3) is 0 Å². The number of esters is 1. The highest BCUT2D eigenvalue weighted by Crippen LogP contribution is 2.22. The van der Waals surface area contributed by atoms with E-state index in [4.69, 9.17) is 14.2 Å². The van der Waals surface area contributed by atoms with Crippen molar-refractivity contribution >= 4 is 17.8 Å². The van der Waals surface area contributed by atoms with Gasteiger partial charge in [0.2, 0.25) is 0 Å². The number of carbonyl (C=O) groups is 3. The topological polar surface area (TPSA) is 111 Å². The Bertz CT molecular complexity index is 1480. The molecule has 4 aromatic rings. The molecule has 1 amide bonds. The number of carboxylic acid groups (broad SMARTS) is 1. The van der Waals surface area contributed by atoms with E-state index >= 15 is 0 Å².